The van der Waals surface area contributed by atoms with Gasteiger partial charge in [-0.2, -0.15) is 0 Å². The Morgan fingerprint density at radius 3 is 2.44 bits per heavy atom. The number of aryl methyl sites for hydroxylation is 1. The number of rotatable bonds is 5. The number of anilines is 1. The third-order valence-corrected chi connectivity index (χ3v) is 6.00. The number of phenols is 1. The molecule has 1 amide bonds. The van der Waals surface area contributed by atoms with Gasteiger partial charge in [0.15, 0.2) is 11.5 Å². The van der Waals surface area contributed by atoms with Gasteiger partial charge >= 0.3 is 0 Å². The number of ketones is 1. The number of amides is 1. The summed E-state index contributed by atoms with van der Waals surface area (Å²) in [6.45, 7) is 3.84. The van der Waals surface area contributed by atoms with Crippen LogP contribution in [0.15, 0.2) is 66.2 Å². The van der Waals surface area contributed by atoms with E-state index in [1.807, 2.05) is 0 Å². The van der Waals surface area contributed by atoms with E-state index in [0.29, 0.717) is 16.3 Å². The number of aliphatic hydroxyl groups is 1. The van der Waals surface area contributed by atoms with Crippen molar-refractivity contribution in [3.63, 3.8) is 0 Å². The van der Waals surface area contributed by atoms with Gasteiger partial charge < -0.3 is 14.9 Å². The lowest BCUT2D eigenvalue weighted by molar-refractivity contribution is -0.132. The van der Waals surface area contributed by atoms with E-state index >= 15 is 0 Å². The number of Topliss-reactive ketones (excluding diaryl/α,β-unsaturated/α-hetero) is 1. The van der Waals surface area contributed by atoms with Crippen LogP contribution < -0.4 is 9.64 Å². The van der Waals surface area contributed by atoms with Crippen molar-refractivity contribution in [1.29, 1.82) is 0 Å². The van der Waals surface area contributed by atoms with Crippen LogP contribution in [0.2, 0.25) is 5.02 Å². The molecule has 1 aliphatic rings. The van der Waals surface area contributed by atoms with Crippen LogP contribution in [0, 0.1) is 12.7 Å². The monoisotopic (exact) mass is 481 g/mol. The summed E-state index contributed by atoms with van der Waals surface area (Å²) in [5, 5.41) is 21.6. The van der Waals surface area contributed by atoms with Crippen molar-refractivity contribution in [2.24, 2.45) is 0 Å². The van der Waals surface area contributed by atoms with Gasteiger partial charge in [-0.25, -0.2) is 4.39 Å². The number of nitrogens with zero attached hydrogens (tertiary/aromatic N) is 1. The van der Waals surface area contributed by atoms with Crippen molar-refractivity contribution in [2.45, 2.75) is 19.9 Å². The molecule has 1 atom stereocenters. The average Bonchev–Trinajstić information content (AvgIpc) is 3.08. The van der Waals surface area contributed by atoms with Gasteiger partial charge in [0.25, 0.3) is 11.7 Å². The Morgan fingerprint density at radius 2 is 1.79 bits per heavy atom. The minimum atomic E-state index is -1.05. The largest absolute Gasteiger partial charge is 0.507 e. The molecule has 0 spiro atoms. The summed E-state index contributed by atoms with van der Waals surface area (Å²) in [6.07, 6.45) is 0. The zero-order chi connectivity index (χ0) is 24.6. The predicted molar refractivity (Wildman–Crippen MR) is 127 cm³/mol. The summed E-state index contributed by atoms with van der Waals surface area (Å²) in [5.41, 5.74) is 1.55. The van der Waals surface area contributed by atoms with E-state index in [9.17, 15) is 24.2 Å². The number of carbonyl (C=O) groups excluding carboxylic acids is 2. The fourth-order valence-corrected chi connectivity index (χ4v) is 4.06. The molecule has 1 heterocycles. The lowest BCUT2D eigenvalue weighted by Gasteiger charge is -2.26. The number of ether oxygens (including phenoxy) is 1. The van der Waals surface area contributed by atoms with Crippen molar-refractivity contribution >= 4 is 34.7 Å². The number of aliphatic hydroxyl groups excluding tert-OH is 1. The minimum Gasteiger partial charge on any atom is -0.507 e. The van der Waals surface area contributed by atoms with Crippen molar-refractivity contribution in [2.75, 3.05) is 11.5 Å². The summed E-state index contributed by atoms with van der Waals surface area (Å²) in [5.74, 6) is -2.68. The third kappa shape index (κ3) is 4.10. The van der Waals surface area contributed by atoms with E-state index < -0.39 is 29.3 Å². The SMILES string of the molecule is CCOc1cc(C2/C(=C(\O)c3ccc(F)cc3)C(=O)C(=O)N2c2ccc(C)c(Cl)c2)ccc1O. The van der Waals surface area contributed by atoms with E-state index in [4.69, 9.17) is 16.3 Å². The Labute approximate surface area is 200 Å². The second-order valence-electron chi connectivity index (χ2n) is 7.77. The molecule has 34 heavy (non-hydrogen) atoms. The molecule has 0 radical (unpaired) electrons. The molecule has 0 bridgehead atoms. The van der Waals surface area contributed by atoms with Crippen LogP contribution in [0.3, 0.4) is 0 Å². The van der Waals surface area contributed by atoms with Gasteiger partial charge in [-0.1, -0.05) is 23.7 Å². The molecule has 1 unspecified atom stereocenters. The molecule has 0 saturated carbocycles. The number of hydrogen-bond acceptors (Lipinski definition) is 5. The van der Waals surface area contributed by atoms with Crippen molar-refractivity contribution in [3.05, 3.63) is 93.8 Å². The van der Waals surface area contributed by atoms with Gasteiger partial charge in [0, 0.05) is 16.3 Å². The Hall–Kier alpha value is -3.84. The average molecular weight is 482 g/mol. The van der Waals surface area contributed by atoms with Gasteiger partial charge in [-0.3, -0.25) is 14.5 Å². The summed E-state index contributed by atoms with van der Waals surface area (Å²) in [6, 6.07) is 13.3. The van der Waals surface area contributed by atoms with Gasteiger partial charge in [0.05, 0.1) is 18.2 Å². The maximum absolute atomic E-state index is 13.4. The first kappa shape index (κ1) is 23.3. The standard InChI is InChI=1S/C26H21ClFNO5/c1-3-34-21-12-16(7-11-20(21)30)23-22(24(31)15-5-8-17(28)9-6-15)25(32)26(33)29(23)18-10-4-14(2)19(27)13-18/h4-13,23,30-31H,3H2,1-2H3/b24-22+. The van der Waals surface area contributed by atoms with Crippen LogP contribution in [0.1, 0.15) is 29.7 Å². The van der Waals surface area contributed by atoms with Gasteiger partial charge in [-0.05, 0) is 73.5 Å². The number of carbonyl (C=O) groups is 2. The van der Waals surface area contributed by atoms with Gasteiger partial charge in [-0.15, -0.1) is 0 Å². The Bertz CT molecular complexity index is 1320. The molecular formula is C26H21ClFNO5. The van der Waals surface area contributed by atoms with Gasteiger partial charge in [0.1, 0.15) is 11.6 Å². The molecule has 1 saturated heterocycles. The second kappa shape index (κ2) is 9.19. The highest BCUT2D eigenvalue weighted by Gasteiger charge is 2.47. The van der Waals surface area contributed by atoms with Crippen LogP contribution >= 0.6 is 11.6 Å². The fraction of sp³-hybridized carbons (Fsp3) is 0.154. The van der Waals surface area contributed by atoms with Crippen molar-refractivity contribution in [1.82, 2.24) is 0 Å². The van der Waals surface area contributed by atoms with E-state index in [1.165, 1.54) is 35.2 Å². The number of aromatic hydroxyl groups is 1. The quantitative estimate of drug-likeness (QED) is 0.285. The molecule has 3 aromatic rings. The highest BCUT2D eigenvalue weighted by Crippen LogP contribution is 2.44. The first-order valence-electron chi connectivity index (χ1n) is 10.5. The first-order chi connectivity index (χ1) is 16.2. The molecule has 8 heteroatoms. The zero-order valence-corrected chi connectivity index (χ0v) is 19.1. The molecule has 6 nitrogen and oxygen atoms in total. The maximum Gasteiger partial charge on any atom is 0.300 e. The highest BCUT2D eigenvalue weighted by molar-refractivity contribution is 6.51. The highest BCUT2D eigenvalue weighted by atomic mass is 35.5. The molecule has 4 rings (SSSR count). The zero-order valence-electron chi connectivity index (χ0n) is 18.4. The second-order valence-corrected chi connectivity index (χ2v) is 8.18. The molecule has 2 N–H and O–H groups in total. The number of benzene rings is 3. The van der Waals surface area contributed by atoms with Crippen LogP contribution in [0.5, 0.6) is 11.5 Å². The molecular weight excluding hydrogens is 461 g/mol. The maximum atomic E-state index is 13.4. The Morgan fingerprint density at radius 1 is 1.09 bits per heavy atom. The first-order valence-corrected chi connectivity index (χ1v) is 10.9. The molecule has 0 aromatic heterocycles. The van der Waals surface area contributed by atoms with Crippen molar-refractivity contribution < 1.29 is 28.9 Å². The summed E-state index contributed by atoms with van der Waals surface area (Å²) < 4.78 is 18.9. The summed E-state index contributed by atoms with van der Waals surface area (Å²) in [7, 11) is 0. The van der Waals surface area contributed by atoms with Crippen molar-refractivity contribution in [3.8, 4) is 11.5 Å². The molecule has 1 aliphatic heterocycles. The fourth-order valence-electron chi connectivity index (χ4n) is 3.88. The summed E-state index contributed by atoms with van der Waals surface area (Å²) >= 11 is 6.29. The Kier molecular flexibility index (Phi) is 6.30. The molecule has 174 valence electrons. The normalized spacial score (nSPS) is 17.3. The topological polar surface area (TPSA) is 87.1 Å². The van der Waals surface area contributed by atoms with Crippen LogP contribution in [0.4, 0.5) is 10.1 Å². The van der Waals surface area contributed by atoms with Crippen LogP contribution in [-0.2, 0) is 9.59 Å². The molecule has 3 aromatic carbocycles. The van der Waals surface area contributed by atoms with E-state index in [1.54, 1.807) is 32.0 Å². The number of halogens is 2. The molecule has 0 aliphatic carbocycles. The predicted octanol–water partition coefficient (Wildman–Crippen LogP) is 5.52. The molecule has 1 fully saturated rings. The smallest absolute Gasteiger partial charge is 0.300 e. The van der Waals surface area contributed by atoms with Gasteiger partial charge in [0.2, 0.25) is 0 Å². The number of hydrogen-bond donors (Lipinski definition) is 2. The number of phenolic OH excluding ortho intramolecular Hbond substituents is 1. The van der Waals surface area contributed by atoms with E-state index in [0.717, 1.165) is 17.7 Å². The van der Waals surface area contributed by atoms with E-state index in [2.05, 4.69) is 0 Å². The van der Waals surface area contributed by atoms with Crippen LogP contribution in [-0.4, -0.2) is 28.5 Å². The third-order valence-electron chi connectivity index (χ3n) is 5.60. The Balaban J connectivity index is 1.97. The lowest BCUT2D eigenvalue weighted by Crippen LogP contribution is -2.29. The summed E-state index contributed by atoms with van der Waals surface area (Å²) in [4.78, 5) is 27.6. The van der Waals surface area contributed by atoms with Crippen LogP contribution in [0.25, 0.3) is 5.76 Å². The lowest BCUT2D eigenvalue weighted by atomic mass is 9.94. The minimum absolute atomic E-state index is 0.112. The van der Waals surface area contributed by atoms with E-state index in [-0.39, 0.29) is 29.2 Å².